The van der Waals surface area contributed by atoms with Crippen molar-refractivity contribution in [2.24, 2.45) is 10.7 Å². The number of amidine groups is 1. The summed E-state index contributed by atoms with van der Waals surface area (Å²) in [5.41, 5.74) is 6.39. The minimum absolute atomic E-state index is 0. The molecule has 10 heteroatoms. The number of rotatable bonds is 8. The van der Waals surface area contributed by atoms with Crippen molar-refractivity contribution in [1.29, 1.82) is 0 Å². The topological polar surface area (TPSA) is 135 Å². The average molecular weight is 632 g/mol. The molecule has 1 saturated heterocycles. The SMILES string of the molecule is CC(N)=NCCC[C@H](NC(=O)[C@@H]1C[C@@H](O)C[N-]1)C(O)c1nc2ccccc2s1.[Ac]. The summed E-state index contributed by atoms with van der Waals surface area (Å²) in [6, 6.07) is 6.58. The van der Waals surface area contributed by atoms with Crippen LogP contribution in [0.2, 0.25) is 0 Å². The molecule has 1 amide bonds. The van der Waals surface area contributed by atoms with Gasteiger partial charge in [0.1, 0.15) is 11.1 Å². The number of benzene rings is 1. The third-order valence-electron chi connectivity index (χ3n) is 4.64. The maximum absolute atomic E-state index is 12.6. The number of nitrogens with zero attached hydrogens (tertiary/aromatic N) is 3. The van der Waals surface area contributed by atoms with Crippen LogP contribution in [-0.2, 0) is 4.79 Å². The van der Waals surface area contributed by atoms with Gasteiger partial charge in [0.15, 0.2) is 0 Å². The molecule has 29 heavy (non-hydrogen) atoms. The van der Waals surface area contributed by atoms with Crippen LogP contribution in [0.4, 0.5) is 0 Å². The molecule has 1 fully saturated rings. The van der Waals surface area contributed by atoms with E-state index in [1.165, 1.54) is 11.3 Å². The Morgan fingerprint density at radius 3 is 2.90 bits per heavy atom. The first kappa shape index (κ1) is 24.6. The summed E-state index contributed by atoms with van der Waals surface area (Å²) < 4.78 is 0.985. The molecule has 4 atom stereocenters. The Bertz CT molecular complexity index is 809. The first-order chi connectivity index (χ1) is 13.4. The third-order valence-corrected chi connectivity index (χ3v) is 5.75. The number of para-hydroxylation sites is 1. The van der Waals surface area contributed by atoms with Gasteiger partial charge in [-0.05, 0) is 38.3 Å². The van der Waals surface area contributed by atoms with Crippen molar-refractivity contribution in [2.45, 2.75) is 50.5 Å². The van der Waals surface area contributed by atoms with Gasteiger partial charge in [-0.3, -0.25) is 9.79 Å². The maximum atomic E-state index is 12.6. The number of hydrogen-bond acceptors (Lipinski definition) is 6. The minimum Gasteiger partial charge on any atom is -0.650 e. The summed E-state index contributed by atoms with van der Waals surface area (Å²) in [4.78, 5) is 21.2. The molecule has 1 aliphatic heterocycles. The summed E-state index contributed by atoms with van der Waals surface area (Å²) in [5.74, 6) is 0.228. The van der Waals surface area contributed by atoms with E-state index in [2.05, 4.69) is 20.6 Å². The number of carbonyl (C=O) groups excluding carboxylic acids is 1. The van der Waals surface area contributed by atoms with Crippen molar-refractivity contribution in [2.75, 3.05) is 13.1 Å². The first-order valence-electron chi connectivity index (χ1n) is 9.39. The number of hydrogen-bond donors (Lipinski definition) is 4. The molecule has 0 bridgehead atoms. The molecular weight excluding hydrogens is 605 g/mol. The van der Waals surface area contributed by atoms with E-state index >= 15 is 0 Å². The van der Waals surface area contributed by atoms with Crippen molar-refractivity contribution < 1.29 is 59.1 Å². The Kier molecular flexibility index (Phi) is 9.92. The van der Waals surface area contributed by atoms with Crippen molar-refractivity contribution >= 4 is 33.3 Å². The number of amides is 1. The number of aromatic nitrogens is 1. The number of fused-ring (bicyclic) bond motifs is 1. The van der Waals surface area contributed by atoms with Crippen LogP contribution in [0.5, 0.6) is 0 Å². The predicted molar refractivity (Wildman–Crippen MR) is 111 cm³/mol. The van der Waals surface area contributed by atoms with Gasteiger partial charge in [0.05, 0.1) is 22.1 Å². The molecule has 0 saturated carbocycles. The second-order valence-corrected chi connectivity index (χ2v) is 8.08. The quantitative estimate of drug-likeness (QED) is 0.199. The predicted octanol–water partition coefficient (Wildman–Crippen LogP) is 1.48. The van der Waals surface area contributed by atoms with Crippen molar-refractivity contribution in [1.82, 2.24) is 10.3 Å². The fraction of sp³-hybridized carbons (Fsp3) is 0.526. The van der Waals surface area contributed by atoms with Crippen LogP contribution in [0, 0.1) is 44.1 Å². The molecule has 2 heterocycles. The van der Waals surface area contributed by atoms with Gasteiger partial charge < -0.3 is 26.6 Å². The molecule has 0 aliphatic carbocycles. The summed E-state index contributed by atoms with van der Waals surface area (Å²) >= 11 is 1.41. The standard InChI is InChI=1S/C19H26N5O3S.Ac/c1-11(20)21-8-4-6-14(23-18(27)15-9-12(25)10-22-15)17(26)19-24-13-5-2-3-7-16(13)28-19;/h2-3,5,7,12,14-15,17,25-26H,4,6,8-10H2,1H3,(H2,20,21)(H,23,27);/q-1;/t12-,14+,15+,17?;/m1./s1. The molecule has 1 unspecified atom stereocenters. The van der Waals surface area contributed by atoms with Gasteiger partial charge >= 0.3 is 0 Å². The van der Waals surface area contributed by atoms with Gasteiger partial charge in [0.2, 0.25) is 5.91 Å². The Balaban J connectivity index is 0.00000300. The second kappa shape index (κ2) is 11.7. The molecule has 1 aliphatic rings. The van der Waals surface area contributed by atoms with Crippen LogP contribution in [0.1, 0.15) is 37.3 Å². The van der Waals surface area contributed by atoms with Crippen LogP contribution >= 0.6 is 11.3 Å². The molecular formula is C19H26AcN5O3S-. The van der Waals surface area contributed by atoms with E-state index in [9.17, 15) is 15.0 Å². The molecule has 3 rings (SSSR count). The molecule has 0 spiro atoms. The third kappa shape index (κ3) is 6.94. The molecule has 155 valence electrons. The maximum Gasteiger partial charge on any atom is 0.202 e. The summed E-state index contributed by atoms with van der Waals surface area (Å²) in [5, 5.41) is 28.2. The smallest absolute Gasteiger partial charge is 0.202 e. The zero-order chi connectivity index (χ0) is 20.1. The fourth-order valence-corrected chi connectivity index (χ4v) is 4.21. The van der Waals surface area contributed by atoms with Crippen LogP contribution in [0.15, 0.2) is 29.3 Å². The number of nitrogens with one attached hydrogen (secondary N) is 1. The van der Waals surface area contributed by atoms with E-state index in [0.717, 1.165) is 10.2 Å². The van der Waals surface area contributed by atoms with Crippen LogP contribution in [-0.4, -0.2) is 58.2 Å². The number of aliphatic hydroxyl groups excluding tert-OH is 2. The molecule has 5 N–H and O–H groups in total. The molecule has 1 aromatic carbocycles. The normalized spacial score (nSPS) is 21.6. The number of aliphatic imine (C=N–C) groups is 1. The molecule has 2 aromatic rings. The second-order valence-electron chi connectivity index (χ2n) is 7.02. The Morgan fingerprint density at radius 1 is 1.48 bits per heavy atom. The Hall–Kier alpha value is -0.628. The first-order valence-corrected chi connectivity index (χ1v) is 10.2. The number of thiazole rings is 1. The van der Waals surface area contributed by atoms with E-state index in [0.29, 0.717) is 36.7 Å². The van der Waals surface area contributed by atoms with Gasteiger partial charge in [-0.25, -0.2) is 4.98 Å². The van der Waals surface area contributed by atoms with Gasteiger partial charge in [0.25, 0.3) is 0 Å². The molecule has 8 nitrogen and oxygen atoms in total. The van der Waals surface area contributed by atoms with E-state index < -0.39 is 24.3 Å². The molecule has 1 aromatic heterocycles. The van der Waals surface area contributed by atoms with Gasteiger partial charge in [-0.15, -0.1) is 17.9 Å². The summed E-state index contributed by atoms with van der Waals surface area (Å²) in [6.07, 6.45) is -0.0198. The Morgan fingerprint density at radius 2 is 2.24 bits per heavy atom. The summed E-state index contributed by atoms with van der Waals surface area (Å²) in [7, 11) is 0. The van der Waals surface area contributed by atoms with Crippen LogP contribution in [0.25, 0.3) is 15.5 Å². The minimum atomic E-state index is -0.935. The van der Waals surface area contributed by atoms with Gasteiger partial charge in [-0.1, -0.05) is 18.2 Å². The van der Waals surface area contributed by atoms with Crippen molar-refractivity contribution in [3.63, 3.8) is 0 Å². The number of nitrogens with two attached hydrogens (primary N) is 1. The number of aliphatic hydroxyl groups is 2. The van der Waals surface area contributed by atoms with Gasteiger partial charge in [0, 0.05) is 56.7 Å². The molecule has 1 radical (unpaired) electrons. The van der Waals surface area contributed by atoms with E-state index in [1.807, 2.05) is 24.3 Å². The largest absolute Gasteiger partial charge is 0.650 e. The number of carbonyl (C=O) groups is 1. The van der Waals surface area contributed by atoms with Crippen LogP contribution in [0.3, 0.4) is 0 Å². The Labute approximate surface area is 209 Å². The zero-order valence-electron chi connectivity index (χ0n) is 16.4. The van der Waals surface area contributed by atoms with E-state index in [4.69, 9.17) is 5.73 Å². The summed E-state index contributed by atoms with van der Waals surface area (Å²) in [6.45, 7) is 2.52. The monoisotopic (exact) mass is 631 g/mol. The average Bonchev–Trinajstić information content (AvgIpc) is 3.29. The van der Waals surface area contributed by atoms with Crippen molar-refractivity contribution in [3.05, 3.63) is 34.6 Å². The van der Waals surface area contributed by atoms with Crippen molar-refractivity contribution in [3.8, 4) is 0 Å². The zero-order valence-corrected chi connectivity index (χ0v) is 21.9. The van der Waals surface area contributed by atoms with Crippen LogP contribution < -0.4 is 11.1 Å². The van der Waals surface area contributed by atoms with E-state index in [-0.39, 0.29) is 56.5 Å². The van der Waals surface area contributed by atoms with E-state index in [1.54, 1.807) is 6.92 Å². The van der Waals surface area contributed by atoms with Gasteiger partial charge in [-0.2, -0.15) is 0 Å². The fourth-order valence-electron chi connectivity index (χ4n) is 3.19.